The summed E-state index contributed by atoms with van der Waals surface area (Å²) in [4.78, 5) is 37.4. The predicted octanol–water partition coefficient (Wildman–Crippen LogP) is 2.71. The largest absolute Gasteiger partial charge is 0.480 e. The van der Waals surface area contributed by atoms with Gasteiger partial charge in [-0.2, -0.15) is 0 Å². The molecule has 6 nitrogen and oxygen atoms in total. The summed E-state index contributed by atoms with van der Waals surface area (Å²) in [5.41, 5.74) is 0. The van der Waals surface area contributed by atoms with Crippen LogP contribution in [0.1, 0.15) is 30.6 Å². The Labute approximate surface area is 159 Å². The van der Waals surface area contributed by atoms with Gasteiger partial charge in [-0.1, -0.05) is 36.5 Å². The number of thiophene rings is 1. The number of thiocarbonyl (C=S) groups is 1. The lowest BCUT2D eigenvalue weighted by Gasteiger charge is -2.13. The van der Waals surface area contributed by atoms with Crippen LogP contribution in [0.2, 0.25) is 0 Å². The zero-order valence-electron chi connectivity index (χ0n) is 13.4. The monoisotopic (exact) mass is 398 g/mol. The second kappa shape index (κ2) is 9.69. The molecule has 0 radical (unpaired) electrons. The van der Waals surface area contributed by atoms with Crippen LogP contribution in [0.5, 0.6) is 0 Å². The number of hydrogen-bond donors (Lipinski definition) is 2. The fraction of sp³-hybridized carbons (Fsp3) is 0.375. The van der Waals surface area contributed by atoms with E-state index >= 15 is 0 Å². The second-order valence-electron chi connectivity index (χ2n) is 5.33. The number of hydrogen-bond acceptors (Lipinski definition) is 6. The van der Waals surface area contributed by atoms with E-state index in [1.807, 2.05) is 23.6 Å². The van der Waals surface area contributed by atoms with Gasteiger partial charge in [0.05, 0.1) is 4.91 Å². The minimum Gasteiger partial charge on any atom is -0.480 e. The molecule has 0 spiro atoms. The molecule has 0 unspecified atom stereocenters. The number of aliphatic carboxylic acids is 1. The SMILES string of the molecule is O=C(O)CNC(=O)CCCCCN1C(=O)/C(=C/c2cccs2)SC1=S. The fourth-order valence-electron chi connectivity index (χ4n) is 2.19. The number of carbonyl (C=O) groups excluding carboxylic acids is 2. The summed E-state index contributed by atoms with van der Waals surface area (Å²) in [6.07, 6.45) is 4.29. The summed E-state index contributed by atoms with van der Waals surface area (Å²) < 4.78 is 0.562. The third-order valence-electron chi connectivity index (χ3n) is 3.41. The summed E-state index contributed by atoms with van der Waals surface area (Å²) in [7, 11) is 0. The molecule has 2 amide bonds. The highest BCUT2D eigenvalue weighted by Gasteiger charge is 2.31. The lowest BCUT2D eigenvalue weighted by Crippen LogP contribution is -2.29. The number of nitrogens with one attached hydrogen (secondary N) is 1. The molecule has 25 heavy (non-hydrogen) atoms. The maximum Gasteiger partial charge on any atom is 0.322 e. The highest BCUT2D eigenvalue weighted by atomic mass is 32.2. The van der Waals surface area contributed by atoms with Gasteiger partial charge in [0.1, 0.15) is 10.9 Å². The van der Waals surface area contributed by atoms with Gasteiger partial charge in [0.25, 0.3) is 5.91 Å². The van der Waals surface area contributed by atoms with E-state index in [9.17, 15) is 14.4 Å². The number of carboxylic acid groups (broad SMARTS) is 1. The van der Waals surface area contributed by atoms with E-state index in [0.717, 1.165) is 17.7 Å². The van der Waals surface area contributed by atoms with Crippen LogP contribution in [0.3, 0.4) is 0 Å². The smallest absolute Gasteiger partial charge is 0.322 e. The van der Waals surface area contributed by atoms with Gasteiger partial charge in [0.15, 0.2) is 0 Å². The van der Waals surface area contributed by atoms with Crippen molar-refractivity contribution in [1.82, 2.24) is 10.2 Å². The number of amides is 2. The molecule has 2 N–H and O–H groups in total. The highest BCUT2D eigenvalue weighted by molar-refractivity contribution is 8.26. The lowest BCUT2D eigenvalue weighted by molar-refractivity contribution is -0.137. The van der Waals surface area contributed by atoms with Gasteiger partial charge in [-0.05, 0) is 30.4 Å². The van der Waals surface area contributed by atoms with E-state index in [1.54, 1.807) is 16.2 Å². The molecule has 0 saturated carbocycles. The molecular weight excluding hydrogens is 380 g/mol. The van der Waals surface area contributed by atoms with Crippen LogP contribution in [-0.2, 0) is 14.4 Å². The Morgan fingerprint density at radius 3 is 2.80 bits per heavy atom. The van der Waals surface area contributed by atoms with Crippen LogP contribution >= 0.6 is 35.3 Å². The van der Waals surface area contributed by atoms with E-state index in [1.165, 1.54) is 11.8 Å². The van der Waals surface area contributed by atoms with E-state index in [-0.39, 0.29) is 24.8 Å². The number of carbonyl (C=O) groups is 3. The summed E-state index contributed by atoms with van der Waals surface area (Å²) in [6, 6.07) is 3.89. The van der Waals surface area contributed by atoms with Crippen molar-refractivity contribution >= 4 is 63.5 Å². The summed E-state index contributed by atoms with van der Waals surface area (Å²) in [5, 5.41) is 12.8. The molecule has 1 aromatic heterocycles. The van der Waals surface area contributed by atoms with Gasteiger partial charge in [-0.15, -0.1) is 11.3 Å². The van der Waals surface area contributed by atoms with Crippen LogP contribution in [0, 0.1) is 0 Å². The Morgan fingerprint density at radius 1 is 1.32 bits per heavy atom. The first kappa shape index (κ1) is 19.6. The second-order valence-corrected chi connectivity index (χ2v) is 7.98. The number of unbranched alkanes of at least 4 members (excludes halogenated alkanes) is 2. The van der Waals surface area contributed by atoms with Crippen molar-refractivity contribution in [2.75, 3.05) is 13.1 Å². The maximum atomic E-state index is 12.4. The van der Waals surface area contributed by atoms with Crippen molar-refractivity contribution in [1.29, 1.82) is 0 Å². The van der Waals surface area contributed by atoms with Gasteiger partial charge in [0.2, 0.25) is 5.91 Å². The molecule has 9 heteroatoms. The topological polar surface area (TPSA) is 86.7 Å². The number of carboxylic acids is 1. The molecule has 2 heterocycles. The maximum absolute atomic E-state index is 12.4. The summed E-state index contributed by atoms with van der Waals surface area (Å²) >= 11 is 8.16. The van der Waals surface area contributed by atoms with Crippen molar-refractivity contribution in [2.45, 2.75) is 25.7 Å². The highest BCUT2D eigenvalue weighted by Crippen LogP contribution is 2.33. The Kier molecular flexibility index (Phi) is 7.60. The van der Waals surface area contributed by atoms with E-state index in [2.05, 4.69) is 5.32 Å². The molecule has 1 saturated heterocycles. The number of thioether (sulfide) groups is 1. The third-order valence-corrected chi connectivity index (χ3v) is 5.61. The van der Waals surface area contributed by atoms with Crippen LogP contribution in [-0.4, -0.2) is 45.2 Å². The molecule has 0 aliphatic carbocycles. The van der Waals surface area contributed by atoms with Gasteiger partial charge in [0, 0.05) is 17.8 Å². The third kappa shape index (κ3) is 6.26. The van der Waals surface area contributed by atoms with Crippen molar-refractivity contribution in [3.8, 4) is 0 Å². The molecule has 1 aliphatic heterocycles. The van der Waals surface area contributed by atoms with Crippen LogP contribution in [0.4, 0.5) is 0 Å². The molecule has 1 aromatic rings. The molecule has 0 bridgehead atoms. The number of nitrogens with zero attached hydrogens (tertiary/aromatic N) is 1. The first-order valence-electron chi connectivity index (χ1n) is 7.74. The number of rotatable bonds is 9. The van der Waals surface area contributed by atoms with Gasteiger partial charge >= 0.3 is 5.97 Å². The molecule has 134 valence electrons. The molecule has 1 fully saturated rings. The summed E-state index contributed by atoms with van der Waals surface area (Å²) in [6.45, 7) is 0.176. The minimum atomic E-state index is -1.06. The van der Waals surface area contributed by atoms with Crippen LogP contribution in [0.15, 0.2) is 22.4 Å². The minimum absolute atomic E-state index is 0.0670. The fourth-order valence-corrected chi connectivity index (χ4v) is 4.22. The van der Waals surface area contributed by atoms with Crippen molar-refractivity contribution in [2.24, 2.45) is 0 Å². The van der Waals surface area contributed by atoms with E-state index in [4.69, 9.17) is 17.3 Å². The van der Waals surface area contributed by atoms with Crippen LogP contribution in [0.25, 0.3) is 6.08 Å². The first-order chi connectivity index (χ1) is 12.0. The van der Waals surface area contributed by atoms with Crippen LogP contribution < -0.4 is 5.32 Å². The predicted molar refractivity (Wildman–Crippen MR) is 103 cm³/mol. The lowest BCUT2D eigenvalue weighted by atomic mass is 10.2. The van der Waals surface area contributed by atoms with E-state index < -0.39 is 5.97 Å². The molecule has 0 atom stereocenters. The average molecular weight is 399 g/mol. The van der Waals surface area contributed by atoms with Gasteiger partial charge < -0.3 is 10.4 Å². The zero-order chi connectivity index (χ0) is 18.2. The summed E-state index contributed by atoms with van der Waals surface area (Å²) in [5.74, 6) is -1.40. The standard InChI is InChI=1S/C16H18N2O4S3/c19-13(17-10-14(20)21)6-2-1-3-7-18-15(22)12(25-16(18)23)9-11-5-4-8-24-11/h4-5,8-9H,1-3,6-7,10H2,(H,17,19)(H,20,21)/b12-9-. The molecule has 2 rings (SSSR count). The Morgan fingerprint density at radius 2 is 2.12 bits per heavy atom. The van der Waals surface area contributed by atoms with Gasteiger partial charge in [-0.3, -0.25) is 19.3 Å². The first-order valence-corrected chi connectivity index (χ1v) is 9.85. The Balaban J connectivity index is 1.70. The molecule has 1 aliphatic rings. The van der Waals surface area contributed by atoms with Crippen molar-refractivity contribution < 1.29 is 19.5 Å². The Hall–Kier alpha value is -1.71. The van der Waals surface area contributed by atoms with Crippen molar-refractivity contribution in [3.63, 3.8) is 0 Å². The normalized spacial score (nSPS) is 15.8. The molecule has 0 aromatic carbocycles. The van der Waals surface area contributed by atoms with Gasteiger partial charge in [-0.25, -0.2) is 0 Å². The zero-order valence-corrected chi connectivity index (χ0v) is 15.8. The Bertz CT molecular complexity index is 686. The quantitative estimate of drug-likeness (QED) is 0.378. The van der Waals surface area contributed by atoms with Crippen molar-refractivity contribution in [3.05, 3.63) is 27.3 Å². The molecular formula is C16H18N2O4S3. The average Bonchev–Trinajstić information content (AvgIpc) is 3.16. The van der Waals surface area contributed by atoms with E-state index in [0.29, 0.717) is 22.2 Å².